The quantitative estimate of drug-likeness (QED) is 0.311. The molecule has 0 aliphatic rings. The molecule has 0 fully saturated rings. The zero-order chi connectivity index (χ0) is 24.0. The monoisotopic (exact) mass is 504 g/mol. The van der Waals surface area contributed by atoms with Gasteiger partial charge in [0.1, 0.15) is 11.6 Å². The van der Waals surface area contributed by atoms with Crippen molar-refractivity contribution in [2.24, 2.45) is 0 Å². The number of hydrogen-bond acceptors (Lipinski definition) is 6. The third-order valence-electron chi connectivity index (χ3n) is 4.89. The van der Waals surface area contributed by atoms with Crippen molar-refractivity contribution in [2.45, 2.75) is 47.9 Å². The van der Waals surface area contributed by atoms with Gasteiger partial charge in [-0.3, -0.25) is 4.79 Å². The summed E-state index contributed by atoms with van der Waals surface area (Å²) < 4.78 is 27.3. The van der Waals surface area contributed by atoms with Crippen LogP contribution in [0.25, 0.3) is 0 Å². The molecule has 174 valence electrons. The smallest absolute Gasteiger partial charge is 0.237 e. The molecule has 3 rings (SSSR count). The Labute approximate surface area is 203 Å². The Bertz CT molecular complexity index is 1240. The Balaban J connectivity index is 1.82. The van der Waals surface area contributed by atoms with E-state index in [4.69, 9.17) is 11.6 Å². The van der Waals surface area contributed by atoms with Gasteiger partial charge >= 0.3 is 0 Å². The summed E-state index contributed by atoms with van der Waals surface area (Å²) in [4.78, 5) is 13.2. The van der Waals surface area contributed by atoms with Gasteiger partial charge in [-0.1, -0.05) is 60.6 Å². The SMILES string of the molecule is C=CCn1c(CS(=O)(=O)c2ccccc2)nnc1SC(CC)C(=O)Nc1cc(Cl)ccc1C. The van der Waals surface area contributed by atoms with Gasteiger partial charge in [-0.05, 0) is 43.2 Å². The number of carbonyl (C=O) groups is 1. The predicted octanol–water partition coefficient (Wildman–Crippen LogP) is 4.91. The van der Waals surface area contributed by atoms with Gasteiger partial charge in [0.05, 0.1) is 10.1 Å². The van der Waals surface area contributed by atoms with Gasteiger partial charge in [-0.25, -0.2) is 8.42 Å². The fourth-order valence-electron chi connectivity index (χ4n) is 3.10. The minimum absolute atomic E-state index is 0.195. The van der Waals surface area contributed by atoms with Gasteiger partial charge in [-0.15, -0.1) is 16.8 Å². The largest absolute Gasteiger partial charge is 0.325 e. The van der Waals surface area contributed by atoms with Gasteiger partial charge < -0.3 is 9.88 Å². The maximum Gasteiger partial charge on any atom is 0.237 e. The summed E-state index contributed by atoms with van der Waals surface area (Å²) in [6, 6.07) is 13.5. The second-order valence-corrected chi connectivity index (χ2v) is 10.9. The maximum atomic E-state index is 13.0. The number of aryl methyl sites for hydroxylation is 1. The molecular weight excluding hydrogens is 480 g/mol. The average molecular weight is 505 g/mol. The first-order chi connectivity index (χ1) is 15.7. The van der Waals surface area contributed by atoms with Gasteiger partial charge in [0, 0.05) is 17.3 Å². The van der Waals surface area contributed by atoms with E-state index >= 15 is 0 Å². The maximum absolute atomic E-state index is 13.0. The van der Waals surface area contributed by atoms with Gasteiger partial charge in [0.15, 0.2) is 15.0 Å². The van der Waals surface area contributed by atoms with E-state index in [9.17, 15) is 13.2 Å². The zero-order valence-electron chi connectivity index (χ0n) is 18.4. The highest BCUT2D eigenvalue weighted by atomic mass is 35.5. The Kier molecular flexibility index (Phi) is 8.34. The molecule has 1 N–H and O–H groups in total. The zero-order valence-corrected chi connectivity index (χ0v) is 20.8. The molecule has 7 nitrogen and oxygen atoms in total. The number of rotatable bonds is 10. The first kappa shape index (κ1) is 25.0. The van der Waals surface area contributed by atoms with Gasteiger partial charge in [-0.2, -0.15) is 0 Å². The summed E-state index contributed by atoms with van der Waals surface area (Å²) in [5, 5.41) is 11.8. The molecule has 1 aromatic heterocycles. The van der Waals surface area contributed by atoms with E-state index in [0.29, 0.717) is 34.7 Å². The number of anilines is 1. The average Bonchev–Trinajstić information content (AvgIpc) is 3.15. The van der Waals surface area contributed by atoms with Crippen molar-refractivity contribution in [3.8, 4) is 0 Å². The number of amides is 1. The molecule has 0 aliphatic carbocycles. The molecule has 2 aromatic carbocycles. The van der Waals surface area contributed by atoms with Gasteiger partial charge in [0.25, 0.3) is 0 Å². The molecule has 0 saturated heterocycles. The summed E-state index contributed by atoms with van der Waals surface area (Å²) in [7, 11) is -3.60. The summed E-state index contributed by atoms with van der Waals surface area (Å²) >= 11 is 7.30. The van der Waals surface area contributed by atoms with Crippen LogP contribution in [0.2, 0.25) is 5.02 Å². The molecular formula is C23H25ClN4O3S2. The van der Waals surface area contributed by atoms with Crippen molar-refractivity contribution in [3.63, 3.8) is 0 Å². The van der Waals surface area contributed by atoms with Crippen molar-refractivity contribution in [3.05, 3.63) is 77.6 Å². The van der Waals surface area contributed by atoms with Crippen LogP contribution in [0, 0.1) is 6.92 Å². The first-order valence-electron chi connectivity index (χ1n) is 10.3. The number of thioether (sulfide) groups is 1. The van der Waals surface area contributed by atoms with E-state index in [2.05, 4.69) is 22.1 Å². The Hall–Kier alpha value is -2.62. The summed E-state index contributed by atoms with van der Waals surface area (Å²) in [6.45, 7) is 7.86. The van der Waals surface area contributed by atoms with Crippen LogP contribution >= 0.6 is 23.4 Å². The van der Waals surface area contributed by atoms with Crippen LogP contribution in [0.1, 0.15) is 24.7 Å². The number of hydrogen-bond donors (Lipinski definition) is 1. The second-order valence-electron chi connectivity index (χ2n) is 7.33. The molecule has 1 heterocycles. The molecule has 1 unspecified atom stereocenters. The number of allylic oxidation sites excluding steroid dienone is 1. The molecule has 1 amide bonds. The molecule has 3 aromatic rings. The Morgan fingerprint density at radius 1 is 1.24 bits per heavy atom. The van der Waals surface area contributed by atoms with Crippen LogP contribution in [-0.2, 0) is 26.9 Å². The molecule has 0 bridgehead atoms. The Morgan fingerprint density at radius 3 is 2.64 bits per heavy atom. The fraction of sp³-hybridized carbons (Fsp3) is 0.261. The minimum Gasteiger partial charge on any atom is -0.325 e. The van der Waals surface area contributed by atoms with E-state index < -0.39 is 15.1 Å². The number of nitrogens with zero attached hydrogens (tertiary/aromatic N) is 3. The minimum atomic E-state index is -3.60. The lowest BCUT2D eigenvalue weighted by atomic mass is 10.2. The lowest BCUT2D eigenvalue weighted by molar-refractivity contribution is -0.115. The third kappa shape index (κ3) is 6.25. The van der Waals surface area contributed by atoms with Crippen molar-refractivity contribution in [1.29, 1.82) is 0 Å². The molecule has 10 heteroatoms. The summed E-state index contributed by atoms with van der Waals surface area (Å²) in [6.07, 6.45) is 2.18. The molecule has 33 heavy (non-hydrogen) atoms. The fourth-order valence-corrected chi connectivity index (χ4v) is 5.54. The molecule has 0 radical (unpaired) electrons. The number of carbonyl (C=O) groups excluding carboxylic acids is 1. The first-order valence-corrected chi connectivity index (χ1v) is 13.2. The van der Waals surface area contributed by atoms with Crippen LogP contribution in [0.3, 0.4) is 0 Å². The lowest BCUT2D eigenvalue weighted by Gasteiger charge is -2.16. The number of sulfone groups is 1. The molecule has 0 spiro atoms. The van der Waals surface area contributed by atoms with E-state index in [0.717, 1.165) is 5.56 Å². The highest BCUT2D eigenvalue weighted by Gasteiger charge is 2.25. The number of halogens is 1. The van der Waals surface area contributed by atoms with Gasteiger partial charge in [0.2, 0.25) is 5.91 Å². The van der Waals surface area contributed by atoms with Crippen molar-refractivity contribution in [1.82, 2.24) is 14.8 Å². The van der Waals surface area contributed by atoms with Crippen LogP contribution < -0.4 is 5.32 Å². The third-order valence-corrected chi connectivity index (χ3v) is 8.10. The summed E-state index contributed by atoms with van der Waals surface area (Å²) in [5.41, 5.74) is 1.55. The van der Waals surface area contributed by atoms with E-state index in [1.54, 1.807) is 53.1 Å². The molecule has 0 saturated carbocycles. The standard InChI is InChI=1S/C23H25ClN4O3S2/c1-4-13-28-21(15-33(30,31)18-9-7-6-8-10-18)26-27-23(28)32-20(5-2)22(29)25-19-14-17(24)12-11-16(19)3/h4,6-12,14,20H,1,5,13,15H2,2-3H3,(H,25,29). The Morgan fingerprint density at radius 2 is 1.97 bits per heavy atom. The topological polar surface area (TPSA) is 93.9 Å². The van der Waals surface area contributed by atoms with E-state index in [1.807, 2.05) is 19.9 Å². The van der Waals surface area contributed by atoms with E-state index in [1.165, 1.54) is 11.8 Å². The van der Waals surface area contributed by atoms with Crippen LogP contribution in [0.15, 0.2) is 71.2 Å². The van der Waals surface area contributed by atoms with Crippen molar-refractivity contribution in [2.75, 3.05) is 5.32 Å². The summed E-state index contributed by atoms with van der Waals surface area (Å²) in [5.74, 6) is -0.204. The normalized spacial score (nSPS) is 12.3. The van der Waals surface area contributed by atoms with E-state index in [-0.39, 0.29) is 16.6 Å². The second kappa shape index (κ2) is 11.0. The highest BCUT2D eigenvalue weighted by Crippen LogP contribution is 2.28. The molecule has 1 atom stereocenters. The van der Waals surface area contributed by atoms with Crippen LogP contribution in [0.5, 0.6) is 0 Å². The number of aromatic nitrogens is 3. The highest BCUT2D eigenvalue weighted by molar-refractivity contribution is 8.00. The van der Waals surface area contributed by atoms with Crippen molar-refractivity contribution < 1.29 is 13.2 Å². The van der Waals surface area contributed by atoms with Crippen LogP contribution in [0.4, 0.5) is 5.69 Å². The van der Waals surface area contributed by atoms with Crippen LogP contribution in [-0.4, -0.2) is 34.3 Å². The number of nitrogens with one attached hydrogen (secondary N) is 1. The lowest BCUT2D eigenvalue weighted by Crippen LogP contribution is -2.25. The number of benzene rings is 2. The predicted molar refractivity (Wildman–Crippen MR) is 132 cm³/mol. The van der Waals surface area contributed by atoms with Crippen molar-refractivity contribution >= 4 is 44.8 Å². The molecule has 0 aliphatic heterocycles.